The number of aromatic nitrogens is 2. The summed E-state index contributed by atoms with van der Waals surface area (Å²) in [6.45, 7) is 3.95. The standard InChI is InChI=1S/C23H22N4O2S/c1-2-21(29)27-22-19(7-4-10-24-22)17-6-3-5-16(11-17)18(14-28)12-25-23-26-13-20(30-23)15-8-9-15/h2-7,10-11,13-15,18H,1,8-9,12H2,(H,25,26)(H,24,27,29)/t18-/m0/s1. The summed E-state index contributed by atoms with van der Waals surface area (Å²) < 4.78 is 0. The number of hydrogen-bond donors (Lipinski definition) is 2. The Morgan fingerprint density at radius 3 is 2.90 bits per heavy atom. The first-order valence-electron chi connectivity index (χ1n) is 9.81. The van der Waals surface area contributed by atoms with Crippen molar-refractivity contribution in [1.29, 1.82) is 0 Å². The smallest absolute Gasteiger partial charge is 0.248 e. The molecular formula is C23H22N4O2S. The Hall–Kier alpha value is -3.32. The zero-order chi connectivity index (χ0) is 20.9. The van der Waals surface area contributed by atoms with E-state index in [9.17, 15) is 9.59 Å². The molecule has 0 bridgehead atoms. The second-order valence-corrected chi connectivity index (χ2v) is 8.25. The molecule has 30 heavy (non-hydrogen) atoms. The van der Waals surface area contributed by atoms with Gasteiger partial charge < -0.3 is 15.4 Å². The highest BCUT2D eigenvalue weighted by molar-refractivity contribution is 7.15. The van der Waals surface area contributed by atoms with Gasteiger partial charge in [0, 0.05) is 29.4 Å². The van der Waals surface area contributed by atoms with E-state index in [1.54, 1.807) is 17.5 Å². The lowest BCUT2D eigenvalue weighted by Crippen LogP contribution is -2.14. The van der Waals surface area contributed by atoms with Gasteiger partial charge in [0.15, 0.2) is 5.13 Å². The number of amides is 1. The molecule has 1 saturated carbocycles. The zero-order valence-corrected chi connectivity index (χ0v) is 17.2. The molecule has 1 aromatic carbocycles. The molecule has 0 saturated heterocycles. The number of rotatable bonds is 9. The summed E-state index contributed by atoms with van der Waals surface area (Å²) in [7, 11) is 0. The van der Waals surface area contributed by atoms with Gasteiger partial charge in [-0.25, -0.2) is 9.97 Å². The van der Waals surface area contributed by atoms with E-state index in [2.05, 4.69) is 27.2 Å². The van der Waals surface area contributed by atoms with E-state index in [1.165, 1.54) is 23.8 Å². The van der Waals surface area contributed by atoms with Crippen molar-refractivity contribution in [3.05, 3.63) is 71.9 Å². The van der Waals surface area contributed by atoms with Crippen LogP contribution >= 0.6 is 11.3 Å². The first-order chi connectivity index (χ1) is 14.7. The summed E-state index contributed by atoms with van der Waals surface area (Å²) in [4.78, 5) is 33.5. The van der Waals surface area contributed by atoms with E-state index >= 15 is 0 Å². The van der Waals surface area contributed by atoms with Crippen LogP contribution in [0.2, 0.25) is 0 Å². The molecule has 2 heterocycles. The molecule has 1 amide bonds. The largest absolute Gasteiger partial charge is 0.360 e. The second kappa shape index (κ2) is 9.00. The van der Waals surface area contributed by atoms with Crippen molar-refractivity contribution in [2.24, 2.45) is 0 Å². The van der Waals surface area contributed by atoms with Crippen LogP contribution in [0.25, 0.3) is 11.1 Å². The molecular weight excluding hydrogens is 396 g/mol. The van der Waals surface area contributed by atoms with Gasteiger partial charge in [-0.2, -0.15) is 0 Å². The molecule has 1 aliphatic rings. The van der Waals surface area contributed by atoms with E-state index in [1.807, 2.05) is 42.6 Å². The summed E-state index contributed by atoms with van der Waals surface area (Å²) in [5.74, 6) is 0.485. The summed E-state index contributed by atoms with van der Waals surface area (Å²) >= 11 is 1.67. The van der Waals surface area contributed by atoms with Gasteiger partial charge in [-0.1, -0.05) is 30.8 Å². The number of anilines is 2. The normalized spacial score (nSPS) is 14.0. The fourth-order valence-corrected chi connectivity index (χ4v) is 4.20. The van der Waals surface area contributed by atoms with E-state index in [4.69, 9.17) is 0 Å². The highest BCUT2D eigenvalue weighted by atomic mass is 32.1. The van der Waals surface area contributed by atoms with Gasteiger partial charge in [-0.15, -0.1) is 11.3 Å². The van der Waals surface area contributed by atoms with Crippen molar-refractivity contribution in [2.75, 3.05) is 17.2 Å². The Kier molecular flexibility index (Phi) is 5.99. The number of hydrogen-bond acceptors (Lipinski definition) is 6. The highest BCUT2D eigenvalue weighted by Gasteiger charge is 2.25. The average Bonchev–Trinajstić information content (AvgIpc) is 3.53. The molecule has 3 aromatic rings. The third-order valence-electron chi connectivity index (χ3n) is 5.00. The molecule has 1 fully saturated rings. The third-order valence-corrected chi connectivity index (χ3v) is 6.12. The SMILES string of the molecule is C=CC(=O)Nc1ncccc1-c1cccc([C@H](C=O)CNc2ncc(C3CC3)s2)c1. The minimum Gasteiger partial charge on any atom is -0.360 e. The monoisotopic (exact) mass is 418 g/mol. The Labute approximate surface area is 179 Å². The molecule has 0 radical (unpaired) electrons. The number of aldehydes is 1. The lowest BCUT2D eigenvalue weighted by atomic mass is 9.96. The summed E-state index contributed by atoms with van der Waals surface area (Å²) in [5.41, 5.74) is 2.54. The average molecular weight is 419 g/mol. The van der Waals surface area contributed by atoms with E-state index in [0.29, 0.717) is 18.3 Å². The van der Waals surface area contributed by atoms with Crippen LogP contribution in [0.5, 0.6) is 0 Å². The summed E-state index contributed by atoms with van der Waals surface area (Å²) in [6, 6.07) is 11.4. The van der Waals surface area contributed by atoms with Gasteiger partial charge in [0.05, 0.1) is 5.92 Å². The van der Waals surface area contributed by atoms with Crippen LogP contribution in [0.15, 0.2) is 61.4 Å². The zero-order valence-electron chi connectivity index (χ0n) is 16.4. The number of thiazole rings is 1. The fourth-order valence-electron chi connectivity index (χ4n) is 3.21. The van der Waals surface area contributed by atoms with Crippen molar-refractivity contribution < 1.29 is 9.59 Å². The maximum atomic E-state index is 11.8. The minimum absolute atomic E-state index is 0.318. The summed E-state index contributed by atoms with van der Waals surface area (Å²) in [5, 5.41) is 6.87. The van der Waals surface area contributed by atoms with Gasteiger partial charge >= 0.3 is 0 Å². The first kappa shape index (κ1) is 20.0. The van der Waals surface area contributed by atoms with Gasteiger partial charge in [0.1, 0.15) is 12.1 Å². The fraction of sp³-hybridized carbons (Fsp3) is 0.217. The van der Waals surface area contributed by atoms with Crippen LogP contribution in [0.1, 0.15) is 35.1 Å². The number of benzene rings is 1. The number of pyridine rings is 1. The Morgan fingerprint density at radius 2 is 2.13 bits per heavy atom. The topological polar surface area (TPSA) is 84.0 Å². The number of nitrogens with one attached hydrogen (secondary N) is 2. The predicted molar refractivity (Wildman–Crippen MR) is 120 cm³/mol. The lowest BCUT2D eigenvalue weighted by molar-refractivity contribution is -0.112. The Bertz CT molecular complexity index is 1070. The molecule has 0 unspecified atom stereocenters. The lowest BCUT2D eigenvalue weighted by Gasteiger charge is -2.14. The van der Waals surface area contributed by atoms with E-state index in [0.717, 1.165) is 28.1 Å². The summed E-state index contributed by atoms with van der Waals surface area (Å²) in [6.07, 6.45) is 8.20. The highest BCUT2D eigenvalue weighted by Crippen LogP contribution is 2.43. The van der Waals surface area contributed by atoms with Crippen LogP contribution in [-0.4, -0.2) is 28.7 Å². The maximum Gasteiger partial charge on any atom is 0.248 e. The molecule has 1 atom stereocenters. The van der Waals surface area contributed by atoms with Crippen molar-refractivity contribution in [1.82, 2.24) is 9.97 Å². The number of carbonyl (C=O) groups excluding carboxylic acids is 2. The molecule has 0 aliphatic heterocycles. The van der Waals surface area contributed by atoms with E-state index < -0.39 is 0 Å². The second-order valence-electron chi connectivity index (χ2n) is 7.18. The van der Waals surface area contributed by atoms with Crippen LogP contribution in [0.4, 0.5) is 10.9 Å². The molecule has 2 aromatic heterocycles. The maximum absolute atomic E-state index is 11.8. The minimum atomic E-state index is -0.324. The number of carbonyl (C=O) groups is 2. The Morgan fingerprint density at radius 1 is 1.27 bits per heavy atom. The molecule has 4 rings (SSSR count). The van der Waals surface area contributed by atoms with E-state index in [-0.39, 0.29) is 11.8 Å². The van der Waals surface area contributed by atoms with Crippen LogP contribution in [-0.2, 0) is 9.59 Å². The van der Waals surface area contributed by atoms with Gasteiger partial charge in [-0.3, -0.25) is 4.79 Å². The predicted octanol–water partition coefficient (Wildman–Crippen LogP) is 4.60. The molecule has 7 heteroatoms. The van der Waals surface area contributed by atoms with Crippen LogP contribution in [0, 0.1) is 0 Å². The molecule has 0 spiro atoms. The van der Waals surface area contributed by atoms with Crippen molar-refractivity contribution in [3.8, 4) is 11.1 Å². The quantitative estimate of drug-likeness (QED) is 0.392. The van der Waals surface area contributed by atoms with Crippen molar-refractivity contribution >= 4 is 34.5 Å². The van der Waals surface area contributed by atoms with Gasteiger partial charge in [0.25, 0.3) is 0 Å². The first-order valence-corrected chi connectivity index (χ1v) is 10.6. The number of nitrogens with zero attached hydrogens (tertiary/aromatic N) is 2. The van der Waals surface area contributed by atoms with Crippen molar-refractivity contribution in [2.45, 2.75) is 24.7 Å². The molecule has 6 nitrogen and oxygen atoms in total. The van der Waals surface area contributed by atoms with Gasteiger partial charge in [-0.05, 0) is 48.1 Å². The van der Waals surface area contributed by atoms with Crippen molar-refractivity contribution in [3.63, 3.8) is 0 Å². The molecule has 1 aliphatic carbocycles. The third kappa shape index (κ3) is 4.63. The Balaban J connectivity index is 1.52. The molecule has 152 valence electrons. The van der Waals surface area contributed by atoms with Crippen LogP contribution in [0.3, 0.4) is 0 Å². The molecule has 2 N–H and O–H groups in total. The van der Waals surface area contributed by atoms with Crippen LogP contribution < -0.4 is 10.6 Å². The van der Waals surface area contributed by atoms with Gasteiger partial charge in [0.2, 0.25) is 5.91 Å².